The van der Waals surface area contributed by atoms with E-state index in [1.165, 1.54) is 25.0 Å². The maximum Gasteiger partial charge on any atom is 0.294 e. The lowest BCUT2D eigenvalue weighted by Gasteiger charge is -2.50. The fraction of sp³-hybridized carbons (Fsp3) is 0.657. The average Bonchev–Trinajstić information content (AvgIpc) is 2.96. The number of sulfonamides is 1. The first kappa shape index (κ1) is 41.1. The molecule has 0 amide bonds. The first-order valence-electron chi connectivity index (χ1n) is 17.2. The van der Waals surface area contributed by atoms with Crippen LogP contribution in [0.3, 0.4) is 0 Å². The number of benzene rings is 2. The molecule has 0 fully saturated rings. The lowest BCUT2D eigenvalue weighted by atomic mass is 10.1. The Bertz CT molecular complexity index is 1430. The van der Waals surface area contributed by atoms with Gasteiger partial charge >= 0.3 is 0 Å². The minimum atomic E-state index is -3.94. The molecule has 0 aliphatic heterocycles. The second-order valence-electron chi connectivity index (χ2n) is 15.3. The highest BCUT2D eigenvalue weighted by Gasteiger charge is 2.48. The Hall–Kier alpha value is -2.10. The topological polar surface area (TPSA) is 114 Å². The van der Waals surface area contributed by atoms with E-state index >= 15 is 0 Å². The molecule has 266 valence electrons. The van der Waals surface area contributed by atoms with E-state index in [-0.39, 0.29) is 33.1 Å². The zero-order valence-corrected chi connectivity index (χ0v) is 33.8. The summed E-state index contributed by atoms with van der Waals surface area (Å²) in [7, 11) is -5.84. The Labute approximate surface area is 287 Å². The quantitative estimate of drug-likeness (QED) is 0.0575. The molecular formula is C35H62N4O5SSi2. The van der Waals surface area contributed by atoms with Crippen molar-refractivity contribution in [3.8, 4) is 0 Å². The van der Waals surface area contributed by atoms with E-state index in [1.807, 2.05) is 24.3 Å². The van der Waals surface area contributed by atoms with Crippen LogP contribution in [0.25, 0.3) is 0 Å². The summed E-state index contributed by atoms with van der Waals surface area (Å²) in [5, 5.41) is 15.0. The Morgan fingerprint density at radius 2 is 1.62 bits per heavy atom. The standard InChI is InChI=1S/C35H62N4O5SSi2/c1-12-14-22-34(3,4)47(10,11)44-35(5,6)46(8,9)25-17-23-36-45(42,43)31-20-21-32(33(27-31)39(40)41)37-30-19-16-18-29(26-30)28-38(7)24-15-13-2/h16,18-21,26-27,36-37H,12-15,17,22-25,28H2,1-11H3. The smallest absolute Gasteiger partial charge is 0.294 e. The fourth-order valence-corrected chi connectivity index (χ4v) is 12.6. The molecular weight excluding hydrogens is 645 g/mol. The van der Waals surface area contributed by atoms with Crippen molar-refractivity contribution < 1.29 is 17.8 Å². The van der Waals surface area contributed by atoms with Crippen LogP contribution in [-0.4, -0.2) is 60.0 Å². The molecule has 0 saturated heterocycles. The van der Waals surface area contributed by atoms with Gasteiger partial charge in [-0.1, -0.05) is 78.2 Å². The molecule has 12 heteroatoms. The SMILES string of the molecule is CCCCN(C)Cc1cccc(Nc2ccc(S(=O)(=O)NCCC[Si](C)(C)C(C)(C)O[Si](C)(C)C(C)(C)CCCC)cc2[N+](=O)[O-])c1. The summed E-state index contributed by atoms with van der Waals surface area (Å²) in [6, 6.07) is 12.7. The molecule has 0 saturated carbocycles. The van der Waals surface area contributed by atoms with Crippen molar-refractivity contribution in [1.82, 2.24) is 9.62 Å². The zero-order valence-electron chi connectivity index (χ0n) is 31.0. The number of anilines is 2. The lowest BCUT2D eigenvalue weighted by Crippen LogP contribution is -2.59. The lowest BCUT2D eigenvalue weighted by molar-refractivity contribution is -0.384. The molecule has 0 spiro atoms. The van der Waals surface area contributed by atoms with Crippen molar-refractivity contribution in [3.63, 3.8) is 0 Å². The monoisotopic (exact) mass is 706 g/mol. The van der Waals surface area contributed by atoms with Gasteiger partial charge in [-0.3, -0.25) is 10.1 Å². The van der Waals surface area contributed by atoms with Crippen LogP contribution in [0.15, 0.2) is 47.4 Å². The van der Waals surface area contributed by atoms with Gasteiger partial charge in [-0.2, -0.15) is 0 Å². The summed E-state index contributed by atoms with van der Waals surface area (Å²) in [6.45, 7) is 24.8. The molecule has 0 aliphatic rings. The van der Waals surface area contributed by atoms with Gasteiger partial charge in [0.05, 0.1) is 17.9 Å². The van der Waals surface area contributed by atoms with E-state index in [1.54, 1.807) is 0 Å². The minimum Gasteiger partial charge on any atom is -0.415 e. The summed E-state index contributed by atoms with van der Waals surface area (Å²) >= 11 is 0. The van der Waals surface area contributed by atoms with Crippen molar-refractivity contribution >= 4 is 43.5 Å². The highest BCUT2D eigenvalue weighted by Crippen LogP contribution is 2.46. The predicted octanol–water partition coefficient (Wildman–Crippen LogP) is 9.46. The summed E-state index contributed by atoms with van der Waals surface area (Å²) in [4.78, 5) is 13.6. The molecule has 0 atom stereocenters. The number of unbranched alkanes of at least 4 members (excludes halogenated alkanes) is 2. The molecule has 0 aliphatic carbocycles. The Morgan fingerprint density at radius 3 is 2.23 bits per heavy atom. The average molecular weight is 707 g/mol. The summed E-state index contributed by atoms with van der Waals surface area (Å²) in [5.41, 5.74) is 1.74. The summed E-state index contributed by atoms with van der Waals surface area (Å²) < 4.78 is 36.2. The number of hydrogen-bond acceptors (Lipinski definition) is 7. The summed E-state index contributed by atoms with van der Waals surface area (Å²) in [6.07, 6.45) is 6.44. The summed E-state index contributed by atoms with van der Waals surface area (Å²) in [5.74, 6) is 0. The Morgan fingerprint density at radius 1 is 0.957 bits per heavy atom. The van der Waals surface area contributed by atoms with Crippen molar-refractivity contribution in [1.29, 1.82) is 0 Å². The molecule has 2 aromatic rings. The van der Waals surface area contributed by atoms with Gasteiger partial charge in [0, 0.05) is 30.1 Å². The van der Waals surface area contributed by atoms with Crippen LogP contribution in [-0.2, 0) is 21.0 Å². The molecule has 0 radical (unpaired) electrons. The molecule has 2 N–H and O–H groups in total. The van der Waals surface area contributed by atoms with Gasteiger partial charge in [0.2, 0.25) is 10.0 Å². The fourth-order valence-electron chi connectivity index (χ4n) is 5.61. The van der Waals surface area contributed by atoms with Crippen molar-refractivity contribution in [2.75, 3.05) is 25.5 Å². The third-order valence-corrected chi connectivity index (χ3v) is 21.4. The van der Waals surface area contributed by atoms with Gasteiger partial charge in [0.15, 0.2) is 8.32 Å². The van der Waals surface area contributed by atoms with E-state index in [0.717, 1.165) is 50.0 Å². The highest BCUT2D eigenvalue weighted by atomic mass is 32.2. The largest absolute Gasteiger partial charge is 0.415 e. The second-order valence-corrected chi connectivity index (χ2v) is 27.2. The Kier molecular flexibility index (Phi) is 14.9. The number of nitrogens with zero attached hydrogens (tertiary/aromatic N) is 2. The van der Waals surface area contributed by atoms with Gasteiger partial charge in [-0.15, -0.1) is 0 Å². The van der Waals surface area contributed by atoms with Gasteiger partial charge in [0.1, 0.15) is 5.69 Å². The molecule has 0 bridgehead atoms. The van der Waals surface area contributed by atoms with Crippen LogP contribution in [0.2, 0.25) is 37.3 Å². The zero-order chi connectivity index (χ0) is 35.7. The van der Waals surface area contributed by atoms with Crippen LogP contribution >= 0.6 is 0 Å². The van der Waals surface area contributed by atoms with Crippen LogP contribution < -0.4 is 10.0 Å². The van der Waals surface area contributed by atoms with Crippen LogP contribution in [0.4, 0.5) is 17.1 Å². The van der Waals surface area contributed by atoms with E-state index in [9.17, 15) is 18.5 Å². The van der Waals surface area contributed by atoms with E-state index < -0.39 is 31.3 Å². The normalized spacial score (nSPS) is 13.3. The van der Waals surface area contributed by atoms with Crippen LogP contribution in [0, 0.1) is 10.1 Å². The first-order valence-corrected chi connectivity index (χ1v) is 24.8. The number of nitro benzene ring substituents is 1. The molecule has 0 unspecified atom stereocenters. The van der Waals surface area contributed by atoms with E-state index in [0.29, 0.717) is 12.1 Å². The van der Waals surface area contributed by atoms with Crippen LogP contribution in [0.5, 0.6) is 0 Å². The minimum absolute atomic E-state index is 0.122. The maximum absolute atomic E-state index is 13.2. The van der Waals surface area contributed by atoms with Gasteiger partial charge in [-0.05, 0) is 94.7 Å². The maximum atomic E-state index is 13.2. The second kappa shape index (κ2) is 17.0. The molecule has 47 heavy (non-hydrogen) atoms. The van der Waals surface area contributed by atoms with Crippen molar-refractivity contribution in [3.05, 3.63) is 58.1 Å². The molecule has 9 nitrogen and oxygen atoms in total. The van der Waals surface area contributed by atoms with Gasteiger partial charge < -0.3 is 14.6 Å². The van der Waals surface area contributed by atoms with Crippen molar-refractivity contribution in [2.45, 2.75) is 134 Å². The number of nitro groups is 1. The molecule has 2 rings (SSSR count). The van der Waals surface area contributed by atoms with E-state index in [2.05, 4.69) is 89.7 Å². The third-order valence-electron chi connectivity index (χ3n) is 10.2. The van der Waals surface area contributed by atoms with E-state index in [4.69, 9.17) is 4.43 Å². The first-order chi connectivity index (χ1) is 21.7. The van der Waals surface area contributed by atoms with Gasteiger partial charge in [0.25, 0.3) is 5.69 Å². The van der Waals surface area contributed by atoms with Crippen molar-refractivity contribution in [2.24, 2.45) is 0 Å². The number of nitrogens with one attached hydrogen (secondary N) is 2. The predicted molar refractivity (Wildman–Crippen MR) is 202 cm³/mol. The van der Waals surface area contributed by atoms with Crippen LogP contribution in [0.1, 0.15) is 85.6 Å². The van der Waals surface area contributed by atoms with Gasteiger partial charge in [-0.25, -0.2) is 13.1 Å². The highest BCUT2D eigenvalue weighted by molar-refractivity contribution is 7.89. The third kappa shape index (κ3) is 11.8. The molecule has 2 aromatic carbocycles. The molecule has 0 heterocycles. The number of rotatable bonds is 21. The number of hydrogen-bond donors (Lipinski definition) is 2. The Balaban J connectivity index is 2.09. The molecule has 0 aromatic heterocycles.